The molecule has 86 valence electrons. The fraction of sp³-hybridized carbons (Fsp3) is 1.00. The predicted octanol–water partition coefficient (Wildman–Crippen LogP) is 0.398. The number of aliphatic hydroxyl groups excluding tert-OH is 1. The van der Waals surface area contributed by atoms with Crippen molar-refractivity contribution >= 4 is 0 Å². The third kappa shape index (κ3) is 9.92. The predicted molar refractivity (Wildman–Crippen MR) is 56.5 cm³/mol. The number of ether oxygens (including phenoxy) is 2. The van der Waals surface area contributed by atoms with Crippen LogP contribution in [0.15, 0.2) is 0 Å². The van der Waals surface area contributed by atoms with Gasteiger partial charge < -0.3 is 19.9 Å². The molecule has 4 heteroatoms. The van der Waals surface area contributed by atoms with E-state index < -0.39 is 6.10 Å². The summed E-state index contributed by atoms with van der Waals surface area (Å²) in [5.41, 5.74) is -0.187. The van der Waals surface area contributed by atoms with Crippen molar-refractivity contribution in [3.63, 3.8) is 0 Å². The van der Waals surface area contributed by atoms with E-state index in [2.05, 4.69) is 5.32 Å². The molecule has 0 aliphatic rings. The number of rotatable bonds is 7. The van der Waals surface area contributed by atoms with Crippen LogP contribution < -0.4 is 5.32 Å². The number of hydrogen-bond donors (Lipinski definition) is 2. The van der Waals surface area contributed by atoms with Crippen molar-refractivity contribution in [2.24, 2.45) is 0 Å². The lowest BCUT2D eigenvalue weighted by Crippen LogP contribution is -2.34. The minimum atomic E-state index is -0.453. The molecule has 2 N–H and O–H groups in total. The molecule has 0 amide bonds. The first-order valence-corrected chi connectivity index (χ1v) is 4.97. The number of hydrogen-bond acceptors (Lipinski definition) is 4. The maximum absolute atomic E-state index is 9.48. The van der Waals surface area contributed by atoms with Gasteiger partial charge in [0.25, 0.3) is 0 Å². The van der Waals surface area contributed by atoms with E-state index in [1.807, 2.05) is 20.8 Å². The molecule has 1 unspecified atom stereocenters. The summed E-state index contributed by atoms with van der Waals surface area (Å²) >= 11 is 0. The zero-order chi connectivity index (χ0) is 11.0. The maximum atomic E-state index is 9.48. The Bertz CT molecular complexity index is 134. The quantitative estimate of drug-likeness (QED) is 0.591. The molecule has 0 spiro atoms. The molecule has 0 saturated carbocycles. The molecule has 0 heterocycles. The van der Waals surface area contributed by atoms with Gasteiger partial charge in [0, 0.05) is 20.2 Å². The fourth-order valence-electron chi connectivity index (χ4n) is 0.848. The van der Waals surface area contributed by atoms with Crippen LogP contribution >= 0.6 is 0 Å². The highest BCUT2D eigenvalue weighted by atomic mass is 16.5. The number of nitrogens with one attached hydrogen (secondary N) is 1. The topological polar surface area (TPSA) is 50.7 Å². The Hall–Kier alpha value is -0.160. The van der Waals surface area contributed by atoms with Gasteiger partial charge in [-0.1, -0.05) is 0 Å². The molecular weight excluding hydrogens is 182 g/mol. The highest BCUT2D eigenvalue weighted by molar-refractivity contribution is 4.63. The molecule has 0 aromatic carbocycles. The molecule has 0 aliphatic carbocycles. The monoisotopic (exact) mass is 205 g/mol. The lowest BCUT2D eigenvalue weighted by Gasteiger charge is -2.22. The fourth-order valence-corrected chi connectivity index (χ4v) is 0.848. The summed E-state index contributed by atoms with van der Waals surface area (Å²) in [6.07, 6.45) is -0.453. The molecular formula is C10H23NO3. The molecule has 0 fully saturated rings. The van der Waals surface area contributed by atoms with E-state index in [9.17, 15) is 5.11 Å². The van der Waals surface area contributed by atoms with Gasteiger partial charge in [0.05, 0.1) is 24.9 Å². The van der Waals surface area contributed by atoms with Crippen LogP contribution in [0.25, 0.3) is 0 Å². The molecule has 0 aromatic rings. The van der Waals surface area contributed by atoms with E-state index >= 15 is 0 Å². The van der Waals surface area contributed by atoms with Crippen molar-refractivity contribution in [2.75, 3.05) is 33.4 Å². The number of aliphatic hydroxyl groups is 1. The average Bonchev–Trinajstić information content (AvgIpc) is 2.08. The van der Waals surface area contributed by atoms with Gasteiger partial charge in [-0.25, -0.2) is 0 Å². The van der Waals surface area contributed by atoms with Gasteiger partial charge in [0.15, 0.2) is 0 Å². The summed E-state index contributed by atoms with van der Waals surface area (Å²) in [6.45, 7) is 8.23. The molecule has 0 rings (SSSR count). The van der Waals surface area contributed by atoms with Crippen LogP contribution in [-0.4, -0.2) is 50.2 Å². The molecule has 0 aromatic heterocycles. The van der Waals surface area contributed by atoms with Crippen LogP contribution in [0.4, 0.5) is 0 Å². The van der Waals surface area contributed by atoms with Gasteiger partial charge in [-0.2, -0.15) is 0 Å². The zero-order valence-corrected chi connectivity index (χ0v) is 9.67. The summed E-state index contributed by atoms with van der Waals surface area (Å²) in [4.78, 5) is 0. The summed E-state index contributed by atoms with van der Waals surface area (Å²) in [5.74, 6) is 0. The Kier molecular flexibility index (Phi) is 7.09. The Morgan fingerprint density at radius 1 is 1.36 bits per heavy atom. The van der Waals surface area contributed by atoms with E-state index in [-0.39, 0.29) is 5.60 Å². The largest absolute Gasteiger partial charge is 0.389 e. The summed E-state index contributed by atoms with van der Waals surface area (Å²) < 4.78 is 10.3. The lowest BCUT2D eigenvalue weighted by molar-refractivity contribution is -0.0480. The van der Waals surface area contributed by atoms with E-state index in [1.54, 1.807) is 7.11 Å². The second kappa shape index (κ2) is 7.17. The zero-order valence-electron chi connectivity index (χ0n) is 9.67. The van der Waals surface area contributed by atoms with Gasteiger partial charge in [-0.05, 0) is 20.8 Å². The second-order valence-electron chi connectivity index (χ2n) is 4.27. The maximum Gasteiger partial charge on any atom is 0.0897 e. The first kappa shape index (κ1) is 13.8. The van der Waals surface area contributed by atoms with Crippen molar-refractivity contribution in [1.82, 2.24) is 5.32 Å². The highest BCUT2D eigenvalue weighted by Crippen LogP contribution is 2.06. The van der Waals surface area contributed by atoms with Crippen molar-refractivity contribution in [3.8, 4) is 0 Å². The van der Waals surface area contributed by atoms with E-state index in [0.717, 1.165) is 6.54 Å². The second-order valence-corrected chi connectivity index (χ2v) is 4.27. The van der Waals surface area contributed by atoms with Crippen LogP contribution in [0.2, 0.25) is 0 Å². The SMILES string of the molecule is COCCNCC(O)COC(C)(C)C. The smallest absolute Gasteiger partial charge is 0.0897 e. The van der Waals surface area contributed by atoms with Gasteiger partial charge in [-0.3, -0.25) is 0 Å². The Morgan fingerprint density at radius 2 is 2.00 bits per heavy atom. The van der Waals surface area contributed by atoms with E-state index in [0.29, 0.717) is 19.8 Å². The summed E-state index contributed by atoms with van der Waals surface area (Å²) in [7, 11) is 1.65. The first-order valence-electron chi connectivity index (χ1n) is 4.97. The number of methoxy groups -OCH3 is 1. The molecule has 0 saturated heterocycles. The van der Waals surface area contributed by atoms with Gasteiger partial charge in [0.2, 0.25) is 0 Å². The van der Waals surface area contributed by atoms with Crippen molar-refractivity contribution in [2.45, 2.75) is 32.5 Å². The minimum absolute atomic E-state index is 0.187. The molecule has 14 heavy (non-hydrogen) atoms. The molecule has 4 nitrogen and oxygen atoms in total. The molecule has 0 bridgehead atoms. The summed E-state index contributed by atoms with van der Waals surface area (Å²) in [6, 6.07) is 0. The van der Waals surface area contributed by atoms with Gasteiger partial charge in [-0.15, -0.1) is 0 Å². The van der Waals surface area contributed by atoms with E-state index in [4.69, 9.17) is 9.47 Å². The van der Waals surface area contributed by atoms with Crippen LogP contribution in [0, 0.1) is 0 Å². The molecule has 1 atom stereocenters. The van der Waals surface area contributed by atoms with Crippen LogP contribution in [-0.2, 0) is 9.47 Å². The van der Waals surface area contributed by atoms with Crippen LogP contribution in [0.1, 0.15) is 20.8 Å². The van der Waals surface area contributed by atoms with Crippen molar-refractivity contribution < 1.29 is 14.6 Å². The third-order valence-electron chi connectivity index (χ3n) is 1.57. The van der Waals surface area contributed by atoms with Gasteiger partial charge in [0.1, 0.15) is 0 Å². The van der Waals surface area contributed by atoms with Crippen molar-refractivity contribution in [3.05, 3.63) is 0 Å². The van der Waals surface area contributed by atoms with Crippen LogP contribution in [0.3, 0.4) is 0 Å². The minimum Gasteiger partial charge on any atom is -0.389 e. The first-order chi connectivity index (χ1) is 6.45. The standard InChI is InChI=1S/C10H23NO3/c1-10(2,3)14-8-9(12)7-11-5-6-13-4/h9,11-12H,5-8H2,1-4H3. The van der Waals surface area contributed by atoms with Crippen molar-refractivity contribution in [1.29, 1.82) is 0 Å². The Morgan fingerprint density at radius 3 is 2.50 bits per heavy atom. The highest BCUT2D eigenvalue weighted by Gasteiger charge is 2.12. The Balaban J connectivity index is 3.32. The molecule has 0 aliphatic heterocycles. The molecule has 0 radical (unpaired) electrons. The summed E-state index contributed by atoms with van der Waals surface area (Å²) in [5, 5.41) is 12.6. The van der Waals surface area contributed by atoms with Crippen LogP contribution in [0.5, 0.6) is 0 Å². The normalized spacial score (nSPS) is 14.4. The lowest BCUT2D eigenvalue weighted by atomic mass is 10.2. The van der Waals surface area contributed by atoms with Gasteiger partial charge >= 0.3 is 0 Å². The average molecular weight is 205 g/mol. The van der Waals surface area contributed by atoms with E-state index in [1.165, 1.54) is 0 Å². The Labute approximate surface area is 86.6 Å². The third-order valence-corrected chi connectivity index (χ3v) is 1.57.